The molecule has 0 radical (unpaired) electrons. The van der Waals surface area contributed by atoms with Crippen molar-refractivity contribution >= 4 is 46.3 Å². The predicted molar refractivity (Wildman–Crippen MR) is 180 cm³/mol. The molecule has 3 heterocycles. The summed E-state index contributed by atoms with van der Waals surface area (Å²) in [6, 6.07) is 13.1. The van der Waals surface area contributed by atoms with E-state index in [9.17, 15) is 14.4 Å². The maximum Gasteiger partial charge on any atom is 0.435 e. The zero-order valence-electron chi connectivity index (χ0n) is 28.7. The van der Waals surface area contributed by atoms with Gasteiger partial charge in [-0.3, -0.25) is 4.79 Å². The predicted octanol–water partition coefficient (Wildman–Crippen LogP) is 7.37. The van der Waals surface area contributed by atoms with Gasteiger partial charge in [0.2, 0.25) is 5.91 Å². The van der Waals surface area contributed by atoms with Crippen LogP contribution in [0.2, 0.25) is 0 Å². The van der Waals surface area contributed by atoms with E-state index < -0.39 is 28.8 Å². The first-order chi connectivity index (χ1) is 22.6. The number of aryl methyl sites for hydroxylation is 1. The molecule has 3 aliphatic rings. The Morgan fingerprint density at radius 2 is 1.67 bits per heavy atom. The van der Waals surface area contributed by atoms with Crippen LogP contribution in [0.3, 0.4) is 0 Å². The molecular weight excluding hydrogens is 612 g/mol. The number of rotatable bonds is 6. The first-order valence-electron chi connectivity index (χ1n) is 16.5. The fraction of sp³-hybridized carbons (Fsp3) is 0.472. The summed E-state index contributed by atoms with van der Waals surface area (Å²) in [6.45, 7) is 13.4. The molecule has 2 aliphatic carbocycles. The van der Waals surface area contributed by atoms with Crippen molar-refractivity contribution < 1.29 is 28.6 Å². The quantitative estimate of drug-likeness (QED) is 0.226. The number of methoxy groups -OCH3 is 1. The number of amides is 2. The fourth-order valence-corrected chi connectivity index (χ4v) is 6.67. The lowest BCUT2D eigenvalue weighted by Crippen LogP contribution is -2.41. The Morgan fingerprint density at radius 3 is 2.31 bits per heavy atom. The number of nitrogens with one attached hydrogen (secondary N) is 1. The van der Waals surface area contributed by atoms with Crippen molar-refractivity contribution in [3.05, 3.63) is 59.3 Å². The minimum atomic E-state index is -0.987. The van der Waals surface area contributed by atoms with Gasteiger partial charge in [-0.05, 0) is 109 Å². The fourth-order valence-electron chi connectivity index (χ4n) is 6.67. The first kappa shape index (κ1) is 31.7. The van der Waals surface area contributed by atoms with E-state index in [4.69, 9.17) is 24.4 Å². The molecule has 2 fully saturated rings. The van der Waals surface area contributed by atoms with Crippen LogP contribution in [0.25, 0.3) is 10.9 Å². The lowest BCUT2D eigenvalue weighted by molar-refractivity contribution is -0.120. The van der Waals surface area contributed by atoms with E-state index >= 15 is 0 Å². The number of benzene rings is 2. The van der Waals surface area contributed by atoms with E-state index in [0.29, 0.717) is 52.6 Å². The standard InChI is InChI=1S/C36H42N6O6/c1-9-40-29(18-26(38-40)20-10-11-20)37-30-23-14-12-21(16-28(23)42(39-30)33(45)48-35(5,6)7)25-19-36(25)24-17-22(46-8)13-15-27(24)41(31(36)43)32(44)47-34(2,3)4/h12-18,20,25H,9-11,19H2,1-8H3,(H,37,39)/t25-,36-/m0/s1. The molecule has 12 heteroatoms. The maximum absolute atomic E-state index is 14.2. The van der Waals surface area contributed by atoms with Crippen LogP contribution in [0.15, 0.2) is 42.5 Å². The van der Waals surface area contributed by atoms with Gasteiger partial charge < -0.3 is 19.5 Å². The normalized spacial score (nSPS) is 20.3. The van der Waals surface area contributed by atoms with Crippen LogP contribution < -0.4 is 15.0 Å². The number of hydrogen-bond donors (Lipinski definition) is 1. The lowest BCUT2D eigenvalue weighted by atomic mass is 9.91. The van der Waals surface area contributed by atoms with Crippen molar-refractivity contribution in [1.29, 1.82) is 0 Å². The van der Waals surface area contributed by atoms with Crippen LogP contribution in [-0.2, 0) is 26.2 Å². The third-order valence-corrected chi connectivity index (χ3v) is 9.06. The van der Waals surface area contributed by atoms with Gasteiger partial charge in [-0.25, -0.2) is 19.2 Å². The molecular formula is C36H42N6O6. The van der Waals surface area contributed by atoms with E-state index in [-0.39, 0.29) is 11.8 Å². The third kappa shape index (κ3) is 5.36. The number of ether oxygens (including phenoxy) is 3. The molecule has 4 aromatic rings. The Balaban J connectivity index is 1.29. The van der Waals surface area contributed by atoms with Crippen molar-refractivity contribution in [2.75, 3.05) is 17.3 Å². The summed E-state index contributed by atoms with van der Waals surface area (Å²) in [6.07, 6.45) is 1.41. The summed E-state index contributed by atoms with van der Waals surface area (Å²) >= 11 is 0. The molecule has 2 aromatic heterocycles. The van der Waals surface area contributed by atoms with E-state index in [2.05, 4.69) is 11.4 Å². The SMILES string of the molecule is CCn1nc(C2CC2)cc1Nc1nn(C(=O)OC(C)(C)C)c2cc([C@@H]3C[C@@]34C(=O)N(C(=O)OC(C)(C)C)c3ccc(OC)cc34)ccc12. The van der Waals surface area contributed by atoms with Crippen LogP contribution >= 0.6 is 0 Å². The Hall–Kier alpha value is -4.87. The van der Waals surface area contributed by atoms with Crippen molar-refractivity contribution in [2.24, 2.45) is 0 Å². The number of imide groups is 1. The van der Waals surface area contributed by atoms with Gasteiger partial charge in [0.1, 0.15) is 22.8 Å². The van der Waals surface area contributed by atoms with Crippen LogP contribution in [0, 0.1) is 0 Å². The minimum Gasteiger partial charge on any atom is -0.497 e. The molecule has 0 saturated heterocycles. The van der Waals surface area contributed by atoms with Crippen molar-refractivity contribution in [3.8, 4) is 5.75 Å². The highest BCUT2D eigenvalue weighted by Crippen LogP contribution is 2.67. The zero-order chi connectivity index (χ0) is 34.3. The summed E-state index contributed by atoms with van der Waals surface area (Å²) in [5, 5.41) is 13.6. The first-order valence-corrected chi connectivity index (χ1v) is 16.5. The molecule has 1 aliphatic heterocycles. The summed E-state index contributed by atoms with van der Waals surface area (Å²) in [5.41, 5.74) is 1.11. The lowest BCUT2D eigenvalue weighted by Gasteiger charge is -2.24. The van der Waals surface area contributed by atoms with E-state index in [1.165, 1.54) is 4.68 Å². The Labute approximate surface area is 279 Å². The number of anilines is 3. The van der Waals surface area contributed by atoms with Gasteiger partial charge in [0.05, 0.1) is 29.4 Å². The highest BCUT2D eigenvalue weighted by Gasteiger charge is 2.68. The van der Waals surface area contributed by atoms with E-state index in [1.807, 2.05) is 56.6 Å². The summed E-state index contributed by atoms with van der Waals surface area (Å²) in [5.74, 6) is 1.75. The molecule has 12 nitrogen and oxygen atoms in total. The average Bonchev–Trinajstić information content (AvgIpc) is 3.90. The molecule has 7 rings (SSSR count). The van der Waals surface area contributed by atoms with Gasteiger partial charge in [-0.2, -0.15) is 9.78 Å². The number of nitrogens with zero attached hydrogens (tertiary/aromatic N) is 5. The Kier molecular flexibility index (Phi) is 7.15. The number of carbonyl (C=O) groups is 3. The largest absolute Gasteiger partial charge is 0.497 e. The van der Waals surface area contributed by atoms with Crippen LogP contribution in [0.5, 0.6) is 5.75 Å². The highest BCUT2D eigenvalue weighted by atomic mass is 16.6. The Bertz CT molecular complexity index is 1980. The number of aromatic nitrogens is 4. The molecule has 0 bridgehead atoms. The van der Waals surface area contributed by atoms with Crippen LogP contribution in [0.4, 0.5) is 26.9 Å². The van der Waals surface area contributed by atoms with Gasteiger partial charge >= 0.3 is 12.2 Å². The number of carbonyl (C=O) groups excluding carboxylic acids is 3. The van der Waals surface area contributed by atoms with E-state index in [0.717, 1.165) is 34.8 Å². The second-order valence-corrected chi connectivity index (χ2v) is 14.9. The molecule has 48 heavy (non-hydrogen) atoms. The molecule has 252 valence electrons. The molecule has 2 saturated carbocycles. The smallest absolute Gasteiger partial charge is 0.435 e. The monoisotopic (exact) mass is 654 g/mol. The van der Waals surface area contributed by atoms with Gasteiger partial charge in [-0.1, -0.05) is 6.07 Å². The highest BCUT2D eigenvalue weighted by molar-refractivity contribution is 6.23. The van der Waals surface area contributed by atoms with Gasteiger partial charge in [0.25, 0.3) is 0 Å². The molecule has 1 N–H and O–H groups in total. The third-order valence-electron chi connectivity index (χ3n) is 9.06. The average molecular weight is 655 g/mol. The van der Waals surface area contributed by atoms with Crippen molar-refractivity contribution in [1.82, 2.24) is 19.6 Å². The molecule has 2 aromatic carbocycles. The number of fused-ring (bicyclic) bond motifs is 3. The molecule has 2 atom stereocenters. The topological polar surface area (TPSA) is 130 Å². The van der Waals surface area contributed by atoms with Crippen molar-refractivity contribution in [2.45, 2.75) is 103 Å². The zero-order valence-corrected chi connectivity index (χ0v) is 28.7. The molecule has 0 unspecified atom stereocenters. The summed E-state index contributed by atoms with van der Waals surface area (Å²) in [4.78, 5) is 42.3. The molecule has 1 spiro atoms. The summed E-state index contributed by atoms with van der Waals surface area (Å²) < 4.78 is 20.1. The van der Waals surface area contributed by atoms with Crippen molar-refractivity contribution in [3.63, 3.8) is 0 Å². The second-order valence-electron chi connectivity index (χ2n) is 14.9. The van der Waals surface area contributed by atoms with Crippen LogP contribution in [0.1, 0.15) is 96.4 Å². The van der Waals surface area contributed by atoms with Gasteiger partial charge in [0, 0.05) is 29.8 Å². The Morgan fingerprint density at radius 1 is 0.958 bits per heavy atom. The second kappa shape index (κ2) is 10.8. The minimum absolute atomic E-state index is 0.270. The molecule has 2 amide bonds. The summed E-state index contributed by atoms with van der Waals surface area (Å²) in [7, 11) is 1.57. The van der Waals surface area contributed by atoms with Gasteiger partial charge in [0.15, 0.2) is 5.82 Å². The van der Waals surface area contributed by atoms with Gasteiger partial charge in [-0.15, -0.1) is 5.10 Å². The maximum atomic E-state index is 14.2. The number of hydrogen-bond acceptors (Lipinski definition) is 9. The van der Waals surface area contributed by atoms with Crippen LogP contribution in [-0.4, -0.2) is 56.0 Å². The van der Waals surface area contributed by atoms with E-state index in [1.54, 1.807) is 40.0 Å².